The number of nitrogens with zero attached hydrogens (tertiary/aromatic N) is 1. The Bertz CT molecular complexity index is 1430. The summed E-state index contributed by atoms with van der Waals surface area (Å²) in [7, 11) is 0. The number of carbonyl (C=O) groups is 1. The van der Waals surface area contributed by atoms with Gasteiger partial charge < -0.3 is 18.9 Å². The first-order valence-electron chi connectivity index (χ1n) is 13.0. The molecule has 1 N–H and O–H groups in total. The number of halogens is 1. The van der Waals surface area contributed by atoms with Gasteiger partial charge in [0.1, 0.15) is 19.0 Å². The van der Waals surface area contributed by atoms with Gasteiger partial charge in [-0.25, -0.2) is 9.82 Å². The van der Waals surface area contributed by atoms with Crippen LogP contribution in [0.25, 0.3) is 0 Å². The second kappa shape index (κ2) is 14.3. The van der Waals surface area contributed by atoms with Crippen LogP contribution >= 0.6 is 0 Å². The average molecular weight is 543 g/mol. The summed E-state index contributed by atoms with van der Waals surface area (Å²) in [6.45, 7) is 5.27. The number of rotatable bonds is 13. The molecule has 0 unspecified atom stereocenters. The first-order chi connectivity index (χ1) is 19.6. The number of benzene rings is 4. The molecule has 4 rings (SSSR count). The lowest BCUT2D eigenvalue weighted by molar-refractivity contribution is 0.0954. The Morgan fingerprint density at radius 1 is 0.725 bits per heavy atom. The molecule has 40 heavy (non-hydrogen) atoms. The molecule has 0 spiro atoms. The molecule has 4 aromatic rings. The lowest BCUT2D eigenvalue weighted by Gasteiger charge is -2.13. The maximum absolute atomic E-state index is 13.1. The fraction of sp³-hybridized carbons (Fsp3) is 0.188. The van der Waals surface area contributed by atoms with Crippen molar-refractivity contribution in [1.82, 2.24) is 5.43 Å². The molecule has 8 heteroatoms. The summed E-state index contributed by atoms with van der Waals surface area (Å²) in [6, 6.07) is 26.3. The van der Waals surface area contributed by atoms with Gasteiger partial charge in [0, 0.05) is 5.56 Å². The predicted octanol–water partition coefficient (Wildman–Crippen LogP) is 6.55. The Hall–Kier alpha value is -4.85. The molecular formula is C32H31FN2O5. The minimum atomic E-state index is -0.393. The molecule has 0 saturated heterocycles. The van der Waals surface area contributed by atoms with Gasteiger partial charge in [-0.2, -0.15) is 5.10 Å². The molecule has 0 aliphatic rings. The van der Waals surface area contributed by atoms with Gasteiger partial charge in [0.2, 0.25) is 0 Å². The van der Waals surface area contributed by atoms with Gasteiger partial charge in [-0.3, -0.25) is 4.79 Å². The maximum Gasteiger partial charge on any atom is 0.271 e. The summed E-state index contributed by atoms with van der Waals surface area (Å²) >= 11 is 0. The first kappa shape index (κ1) is 28.2. The molecule has 0 atom stereocenters. The summed E-state index contributed by atoms with van der Waals surface area (Å²) in [5.74, 6) is 1.42. The third-order valence-electron chi connectivity index (χ3n) is 5.70. The molecule has 0 radical (unpaired) electrons. The molecule has 0 bridgehead atoms. The molecule has 0 aliphatic carbocycles. The van der Waals surface area contributed by atoms with E-state index in [2.05, 4.69) is 10.5 Å². The van der Waals surface area contributed by atoms with Crippen molar-refractivity contribution >= 4 is 12.1 Å². The predicted molar refractivity (Wildman–Crippen MR) is 152 cm³/mol. The molecule has 1 amide bonds. The lowest BCUT2D eigenvalue weighted by Crippen LogP contribution is -2.17. The largest absolute Gasteiger partial charge is 0.490 e. The van der Waals surface area contributed by atoms with E-state index in [1.54, 1.807) is 48.5 Å². The van der Waals surface area contributed by atoms with Gasteiger partial charge in [0.15, 0.2) is 23.0 Å². The average Bonchev–Trinajstić information content (AvgIpc) is 2.97. The van der Waals surface area contributed by atoms with E-state index in [-0.39, 0.29) is 12.4 Å². The fourth-order valence-corrected chi connectivity index (χ4v) is 3.74. The van der Waals surface area contributed by atoms with Crippen LogP contribution in [-0.4, -0.2) is 25.3 Å². The monoisotopic (exact) mass is 542 g/mol. The van der Waals surface area contributed by atoms with Crippen LogP contribution in [0.15, 0.2) is 96.1 Å². The van der Waals surface area contributed by atoms with Crippen molar-refractivity contribution in [3.8, 4) is 23.0 Å². The highest BCUT2D eigenvalue weighted by Gasteiger charge is 2.12. The van der Waals surface area contributed by atoms with Crippen LogP contribution in [0.5, 0.6) is 23.0 Å². The zero-order chi connectivity index (χ0) is 28.2. The van der Waals surface area contributed by atoms with Gasteiger partial charge in [-0.15, -0.1) is 0 Å². The van der Waals surface area contributed by atoms with Crippen LogP contribution in [0.1, 0.15) is 40.9 Å². The molecule has 0 aromatic heterocycles. The van der Waals surface area contributed by atoms with Crippen molar-refractivity contribution in [2.75, 3.05) is 13.2 Å². The summed E-state index contributed by atoms with van der Waals surface area (Å²) in [5, 5.41) is 4.10. The van der Waals surface area contributed by atoms with Crippen LogP contribution in [0, 0.1) is 5.82 Å². The lowest BCUT2D eigenvalue weighted by atomic mass is 10.2. The highest BCUT2D eigenvalue weighted by atomic mass is 19.1. The standard InChI is InChI=1S/C32H31FN2O5/c1-3-37-30-18-25(12-16-28(30)40-22-24-10-14-27(33)15-11-24)20-34-35-32(36)26-13-17-29(31(19-26)38-4-2)39-21-23-8-6-5-7-9-23/h5-20H,3-4,21-22H2,1-2H3,(H,35,36)/b34-20+. The number of hydrogen-bond acceptors (Lipinski definition) is 6. The summed E-state index contributed by atoms with van der Waals surface area (Å²) in [5.41, 5.74) is 5.49. The Morgan fingerprint density at radius 3 is 1.98 bits per heavy atom. The first-order valence-corrected chi connectivity index (χ1v) is 13.0. The van der Waals surface area contributed by atoms with Crippen LogP contribution in [-0.2, 0) is 13.2 Å². The third kappa shape index (κ3) is 8.07. The maximum atomic E-state index is 13.1. The van der Waals surface area contributed by atoms with E-state index in [1.165, 1.54) is 18.3 Å². The highest BCUT2D eigenvalue weighted by Crippen LogP contribution is 2.30. The molecular weight excluding hydrogens is 511 g/mol. The summed E-state index contributed by atoms with van der Waals surface area (Å²) in [6.07, 6.45) is 1.52. The number of hydrazone groups is 1. The molecule has 0 heterocycles. The van der Waals surface area contributed by atoms with Crippen molar-refractivity contribution in [3.05, 3.63) is 119 Å². The number of ether oxygens (including phenoxy) is 4. The molecule has 4 aromatic carbocycles. The van der Waals surface area contributed by atoms with Crippen molar-refractivity contribution in [2.45, 2.75) is 27.1 Å². The van der Waals surface area contributed by atoms with Crippen LogP contribution in [0.4, 0.5) is 4.39 Å². The van der Waals surface area contributed by atoms with E-state index in [9.17, 15) is 9.18 Å². The van der Waals surface area contributed by atoms with Crippen LogP contribution in [0.2, 0.25) is 0 Å². The second-order valence-corrected chi connectivity index (χ2v) is 8.62. The topological polar surface area (TPSA) is 78.4 Å². The van der Waals surface area contributed by atoms with Gasteiger partial charge in [0.25, 0.3) is 5.91 Å². The Balaban J connectivity index is 1.38. The summed E-state index contributed by atoms with van der Waals surface area (Å²) < 4.78 is 36.4. The van der Waals surface area contributed by atoms with Gasteiger partial charge in [0.05, 0.1) is 19.4 Å². The minimum Gasteiger partial charge on any atom is -0.490 e. The van der Waals surface area contributed by atoms with Gasteiger partial charge in [-0.05, 0) is 79.1 Å². The minimum absolute atomic E-state index is 0.268. The van der Waals surface area contributed by atoms with E-state index in [0.717, 1.165) is 11.1 Å². The normalized spacial score (nSPS) is 10.8. The molecule has 0 saturated carbocycles. The zero-order valence-electron chi connectivity index (χ0n) is 22.4. The fourth-order valence-electron chi connectivity index (χ4n) is 3.74. The van der Waals surface area contributed by atoms with Crippen molar-refractivity contribution < 1.29 is 28.1 Å². The van der Waals surface area contributed by atoms with E-state index in [0.29, 0.717) is 53.9 Å². The second-order valence-electron chi connectivity index (χ2n) is 8.62. The SMILES string of the molecule is CCOc1cc(/C=N/NC(=O)c2ccc(OCc3ccccc3)c(OCC)c2)ccc1OCc1ccc(F)cc1. The smallest absolute Gasteiger partial charge is 0.271 e. The Kier molecular flexibility index (Phi) is 10.1. The van der Waals surface area contributed by atoms with Crippen molar-refractivity contribution in [1.29, 1.82) is 0 Å². The van der Waals surface area contributed by atoms with E-state index >= 15 is 0 Å². The molecule has 0 aliphatic heterocycles. The number of hydrogen-bond donors (Lipinski definition) is 1. The third-order valence-corrected chi connectivity index (χ3v) is 5.70. The van der Waals surface area contributed by atoms with E-state index < -0.39 is 5.91 Å². The van der Waals surface area contributed by atoms with E-state index in [1.807, 2.05) is 44.2 Å². The number of nitrogens with one attached hydrogen (secondary N) is 1. The van der Waals surface area contributed by atoms with Crippen LogP contribution < -0.4 is 24.4 Å². The van der Waals surface area contributed by atoms with E-state index in [4.69, 9.17) is 18.9 Å². The summed E-state index contributed by atoms with van der Waals surface area (Å²) in [4.78, 5) is 12.8. The highest BCUT2D eigenvalue weighted by molar-refractivity contribution is 5.95. The molecule has 206 valence electrons. The Labute approximate surface area is 233 Å². The van der Waals surface area contributed by atoms with Gasteiger partial charge >= 0.3 is 0 Å². The van der Waals surface area contributed by atoms with Crippen LogP contribution in [0.3, 0.4) is 0 Å². The number of carbonyl (C=O) groups excluding carboxylic acids is 1. The van der Waals surface area contributed by atoms with Crippen molar-refractivity contribution in [2.24, 2.45) is 5.10 Å². The Morgan fingerprint density at radius 2 is 1.32 bits per heavy atom. The quantitative estimate of drug-likeness (QED) is 0.153. The molecule has 0 fully saturated rings. The van der Waals surface area contributed by atoms with Crippen molar-refractivity contribution in [3.63, 3.8) is 0 Å². The number of amides is 1. The molecule has 7 nitrogen and oxygen atoms in total. The zero-order valence-corrected chi connectivity index (χ0v) is 22.4. The van der Waals surface area contributed by atoms with Gasteiger partial charge in [-0.1, -0.05) is 42.5 Å².